The maximum atomic E-state index is 13.1. The van der Waals surface area contributed by atoms with E-state index in [1.54, 1.807) is 10.9 Å². The van der Waals surface area contributed by atoms with Gasteiger partial charge >= 0.3 is 11.9 Å². The van der Waals surface area contributed by atoms with Crippen molar-refractivity contribution in [1.29, 1.82) is 0 Å². The number of rotatable bonds is 6. The number of esters is 2. The average Bonchev–Trinajstić information content (AvgIpc) is 3.51. The SMILES string of the molecule is COC(=O)[C@H](Cc1ccccc1)n1cc([C@@]2(O)C[C@]34CC[C@H]5[C@@](C)(CCC[C@@]5(C)C(=O)OC)[C@@H]3CC[C@@]2(C)C4)nn1. The van der Waals surface area contributed by atoms with Gasteiger partial charge in [-0.3, -0.25) is 4.79 Å². The predicted molar refractivity (Wildman–Crippen MR) is 152 cm³/mol. The third-order valence-electron chi connectivity index (χ3n) is 12.4. The Labute approximate surface area is 243 Å². The highest BCUT2D eigenvalue weighted by Crippen LogP contribution is 2.77. The van der Waals surface area contributed by atoms with E-state index in [1.165, 1.54) is 14.2 Å². The van der Waals surface area contributed by atoms with E-state index in [0.717, 1.165) is 56.9 Å². The Morgan fingerprint density at radius 2 is 1.73 bits per heavy atom. The van der Waals surface area contributed by atoms with Crippen molar-refractivity contribution >= 4 is 11.9 Å². The topological polar surface area (TPSA) is 104 Å². The van der Waals surface area contributed by atoms with Gasteiger partial charge in [0.2, 0.25) is 0 Å². The molecule has 2 aromatic rings. The number of hydrogen-bond donors (Lipinski definition) is 1. The Kier molecular flexibility index (Phi) is 6.68. The second-order valence-corrected chi connectivity index (χ2v) is 14.4. The number of nitrogens with zero attached hydrogens (tertiary/aromatic N) is 3. The first-order chi connectivity index (χ1) is 19.4. The zero-order chi connectivity index (χ0) is 29.3. The molecule has 0 saturated heterocycles. The molecule has 1 N–H and O–H groups in total. The first kappa shape index (κ1) is 28.4. The van der Waals surface area contributed by atoms with Gasteiger partial charge in [0.25, 0.3) is 0 Å². The van der Waals surface area contributed by atoms with Crippen LogP contribution in [0.4, 0.5) is 0 Å². The predicted octanol–water partition coefficient (Wildman–Crippen LogP) is 5.40. The summed E-state index contributed by atoms with van der Waals surface area (Å²) in [7, 11) is 2.91. The highest BCUT2D eigenvalue weighted by atomic mass is 16.5. The van der Waals surface area contributed by atoms with Gasteiger partial charge in [-0.25, -0.2) is 9.48 Å². The fraction of sp³-hybridized carbons (Fsp3) is 0.697. The molecule has 4 saturated carbocycles. The lowest BCUT2D eigenvalue weighted by Crippen LogP contribution is -2.58. The Morgan fingerprint density at radius 3 is 2.44 bits per heavy atom. The van der Waals surface area contributed by atoms with Crippen LogP contribution in [0.2, 0.25) is 0 Å². The van der Waals surface area contributed by atoms with Crippen LogP contribution in [0.5, 0.6) is 0 Å². The minimum absolute atomic E-state index is 0.0169. The van der Waals surface area contributed by atoms with Gasteiger partial charge in [-0.05, 0) is 86.5 Å². The minimum atomic E-state index is -1.14. The van der Waals surface area contributed by atoms with Crippen molar-refractivity contribution in [3.05, 3.63) is 47.8 Å². The van der Waals surface area contributed by atoms with E-state index in [2.05, 4.69) is 31.1 Å². The molecule has 0 radical (unpaired) electrons. The van der Waals surface area contributed by atoms with Crippen LogP contribution in [0.3, 0.4) is 0 Å². The first-order valence-corrected chi connectivity index (χ1v) is 15.3. The highest BCUT2D eigenvalue weighted by molar-refractivity contribution is 5.77. The molecule has 222 valence electrons. The van der Waals surface area contributed by atoms with Crippen LogP contribution >= 0.6 is 0 Å². The van der Waals surface area contributed by atoms with Crippen LogP contribution in [-0.2, 0) is 31.1 Å². The summed E-state index contributed by atoms with van der Waals surface area (Å²) in [6.07, 6.45) is 10.7. The Hall–Kier alpha value is -2.74. The number of aliphatic hydroxyl groups is 1. The van der Waals surface area contributed by atoms with Crippen molar-refractivity contribution in [3.63, 3.8) is 0 Å². The summed E-state index contributed by atoms with van der Waals surface area (Å²) in [6.45, 7) is 6.76. The Balaban J connectivity index is 1.32. The Morgan fingerprint density at radius 1 is 1.00 bits per heavy atom. The van der Waals surface area contributed by atoms with Crippen molar-refractivity contribution in [3.8, 4) is 0 Å². The first-order valence-electron chi connectivity index (χ1n) is 15.3. The van der Waals surface area contributed by atoms with E-state index >= 15 is 0 Å². The van der Waals surface area contributed by atoms with E-state index < -0.39 is 17.1 Å². The van der Waals surface area contributed by atoms with Crippen molar-refractivity contribution in [2.75, 3.05) is 14.2 Å². The van der Waals surface area contributed by atoms with Crippen LogP contribution in [0.1, 0.15) is 95.9 Å². The molecule has 4 fully saturated rings. The summed E-state index contributed by atoms with van der Waals surface area (Å²) in [5.41, 5.74) is -0.379. The van der Waals surface area contributed by atoms with Crippen LogP contribution < -0.4 is 0 Å². The molecule has 6 rings (SSSR count). The number of fused-ring (bicyclic) bond motifs is 3. The number of carbonyl (C=O) groups is 2. The van der Waals surface area contributed by atoms with Crippen molar-refractivity contribution in [2.45, 2.75) is 96.6 Å². The van der Waals surface area contributed by atoms with Gasteiger partial charge < -0.3 is 14.6 Å². The number of carbonyl (C=O) groups excluding carboxylic acids is 2. The average molecular weight is 564 g/mol. The molecule has 8 nitrogen and oxygen atoms in total. The van der Waals surface area contributed by atoms with E-state index in [1.807, 2.05) is 30.3 Å². The van der Waals surface area contributed by atoms with E-state index in [-0.39, 0.29) is 34.1 Å². The third-order valence-corrected chi connectivity index (χ3v) is 12.4. The van der Waals surface area contributed by atoms with Crippen LogP contribution in [-0.4, -0.2) is 46.3 Å². The van der Waals surface area contributed by atoms with Gasteiger partial charge in [0.05, 0.1) is 25.8 Å². The number of ether oxygens (including phenoxy) is 2. The number of hydrogen-bond acceptors (Lipinski definition) is 7. The van der Waals surface area contributed by atoms with Crippen molar-refractivity contribution in [1.82, 2.24) is 15.0 Å². The fourth-order valence-corrected chi connectivity index (χ4v) is 10.6. The summed E-state index contributed by atoms with van der Waals surface area (Å²) in [6, 6.07) is 9.14. The second kappa shape index (κ2) is 9.65. The van der Waals surface area contributed by atoms with Crippen molar-refractivity contribution < 1.29 is 24.2 Å². The molecule has 1 heterocycles. The van der Waals surface area contributed by atoms with Gasteiger partial charge in [-0.15, -0.1) is 5.10 Å². The zero-order valence-electron chi connectivity index (χ0n) is 25.2. The summed E-state index contributed by atoms with van der Waals surface area (Å²) in [4.78, 5) is 25.9. The largest absolute Gasteiger partial charge is 0.469 e. The van der Waals surface area contributed by atoms with Gasteiger partial charge in [0.15, 0.2) is 6.04 Å². The summed E-state index contributed by atoms with van der Waals surface area (Å²) in [5, 5.41) is 21.5. The molecule has 2 bridgehead atoms. The molecular weight excluding hydrogens is 518 g/mol. The molecule has 1 spiro atoms. The molecule has 4 aliphatic rings. The van der Waals surface area contributed by atoms with E-state index in [0.29, 0.717) is 24.5 Å². The normalized spacial score (nSPS) is 40.2. The maximum Gasteiger partial charge on any atom is 0.331 e. The molecule has 1 aromatic heterocycles. The molecule has 8 atom stereocenters. The molecule has 0 amide bonds. The van der Waals surface area contributed by atoms with Crippen LogP contribution in [0, 0.1) is 33.5 Å². The third kappa shape index (κ3) is 4.03. The fourth-order valence-electron chi connectivity index (χ4n) is 10.6. The minimum Gasteiger partial charge on any atom is -0.469 e. The number of aromatic nitrogens is 3. The molecule has 4 aliphatic carbocycles. The lowest BCUT2D eigenvalue weighted by Gasteiger charge is -2.64. The molecular formula is C33H45N3O5. The monoisotopic (exact) mass is 563 g/mol. The molecule has 0 unspecified atom stereocenters. The number of benzene rings is 1. The molecule has 0 aliphatic heterocycles. The van der Waals surface area contributed by atoms with E-state index in [9.17, 15) is 14.7 Å². The highest BCUT2D eigenvalue weighted by Gasteiger charge is 2.72. The number of methoxy groups -OCH3 is 2. The summed E-state index contributed by atoms with van der Waals surface area (Å²) >= 11 is 0. The lowest BCUT2D eigenvalue weighted by atomic mass is 9.40. The zero-order valence-corrected chi connectivity index (χ0v) is 25.2. The van der Waals surface area contributed by atoms with Gasteiger partial charge in [-0.1, -0.05) is 55.8 Å². The van der Waals surface area contributed by atoms with Gasteiger partial charge in [0, 0.05) is 11.8 Å². The Bertz CT molecular complexity index is 1330. The standard InChI is InChI=1S/C33H45N3O5/c1-29-16-12-25-30(2)14-9-15-31(3,28(38)41-5)24(30)13-17-32(25,20-29)21-33(29,39)26-19-36(35-34-26)23(27(37)40-4)18-22-10-7-6-8-11-22/h6-8,10-11,19,23-25,39H,9,12-18,20-21H2,1-5H3/t23-,24-,25-,29-,30+,31+,32+,33-/m0/s1. The van der Waals surface area contributed by atoms with Gasteiger partial charge in [0.1, 0.15) is 11.3 Å². The van der Waals surface area contributed by atoms with E-state index in [4.69, 9.17) is 9.47 Å². The van der Waals surface area contributed by atoms with Crippen LogP contribution in [0.15, 0.2) is 36.5 Å². The molecule has 1 aromatic carbocycles. The van der Waals surface area contributed by atoms with Crippen molar-refractivity contribution in [2.24, 2.45) is 33.5 Å². The summed E-state index contributed by atoms with van der Waals surface area (Å²) in [5.74, 6) is 0.255. The van der Waals surface area contributed by atoms with Gasteiger partial charge in [-0.2, -0.15) is 0 Å². The second-order valence-electron chi connectivity index (χ2n) is 14.4. The summed E-state index contributed by atoms with van der Waals surface area (Å²) < 4.78 is 12.1. The quantitative estimate of drug-likeness (QED) is 0.470. The smallest absolute Gasteiger partial charge is 0.331 e. The van der Waals surface area contributed by atoms with Crippen LogP contribution in [0.25, 0.3) is 0 Å². The lowest BCUT2D eigenvalue weighted by molar-refractivity contribution is -0.185. The maximum absolute atomic E-state index is 13.1. The molecule has 8 heteroatoms. The molecule has 41 heavy (non-hydrogen) atoms.